The topological polar surface area (TPSA) is 54.6 Å². The smallest absolute Gasteiger partial charge is 0.307 e. The Hall–Kier alpha value is -2.53. The number of carbonyl (C=O) groups excluding carboxylic acids is 1. The van der Waals surface area contributed by atoms with Gasteiger partial charge in [-0.05, 0) is 36.1 Å². The van der Waals surface area contributed by atoms with Crippen LogP contribution in [0.4, 0.5) is 0 Å². The van der Waals surface area contributed by atoms with Gasteiger partial charge in [0.2, 0.25) is 0 Å². The van der Waals surface area contributed by atoms with Gasteiger partial charge in [0.05, 0.1) is 6.21 Å². The van der Waals surface area contributed by atoms with E-state index in [0.717, 1.165) is 10.9 Å². The number of para-hydroxylation sites is 1. The van der Waals surface area contributed by atoms with E-state index in [1.807, 2.05) is 54.8 Å². The number of nitrogens with one attached hydrogen (secondary N) is 1. The molecule has 0 fully saturated rings. The van der Waals surface area contributed by atoms with E-state index in [-0.39, 0.29) is 11.7 Å². The molecule has 0 spiro atoms. The molecule has 4 nitrogen and oxygen atoms in total. The van der Waals surface area contributed by atoms with Crippen molar-refractivity contribution >= 4 is 34.9 Å². The number of fused-ring (bicyclic) bond motifs is 1. The fourth-order valence-corrected chi connectivity index (χ4v) is 2.41. The predicted molar refractivity (Wildman–Crippen MR) is 89.5 cm³/mol. The highest BCUT2D eigenvalue weighted by atomic mass is 32.2. The molecule has 0 saturated heterocycles. The molecule has 1 N–H and O–H groups in total. The van der Waals surface area contributed by atoms with Crippen molar-refractivity contribution in [2.45, 2.75) is 4.90 Å². The van der Waals surface area contributed by atoms with Gasteiger partial charge in [-0.15, -0.1) is 11.8 Å². The fraction of sp³-hybridized carbons (Fsp3) is 0.0588. The lowest BCUT2D eigenvalue weighted by Gasteiger charge is -1.97. The summed E-state index contributed by atoms with van der Waals surface area (Å²) >= 11 is 1.68. The average Bonchev–Trinajstić information content (AvgIpc) is 2.99. The predicted octanol–water partition coefficient (Wildman–Crippen LogP) is 3.92. The Labute approximate surface area is 132 Å². The maximum atomic E-state index is 12.0. The number of rotatable bonds is 4. The molecular weight excluding hydrogens is 296 g/mol. The fourth-order valence-electron chi connectivity index (χ4n) is 2.00. The van der Waals surface area contributed by atoms with Crippen molar-refractivity contribution in [1.29, 1.82) is 0 Å². The van der Waals surface area contributed by atoms with E-state index in [9.17, 15) is 4.79 Å². The van der Waals surface area contributed by atoms with E-state index >= 15 is 0 Å². The average molecular weight is 310 g/mol. The van der Waals surface area contributed by atoms with Crippen LogP contribution in [-0.2, 0) is 0 Å². The van der Waals surface area contributed by atoms with Crippen LogP contribution in [-0.4, -0.2) is 18.4 Å². The summed E-state index contributed by atoms with van der Waals surface area (Å²) in [7, 11) is 0. The number of benzene rings is 2. The third kappa shape index (κ3) is 3.20. The van der Waals surface area contributed by atoms with Crippen LogP contribution in [0.1, 0.15) is 16.1 Å². The van der Waals surface area contributed by atoms with Crippen LogP contribution in [0.3, 0.4) is 0 Å². The molecular formula is C17H14N2O2S. The first-order valence-electron chi connectivity index (χ1n) is 6.72. The summed E-state index contributed by atoms with van der Waals surface area (Å²) in [6, 6.07) is 17.1. The molecule has 0 atom stereocenters. The third-order valence-electron chi connectivity index (χ3n) is 3.14. The molecule has 22 heavy (non-hydrogen) atoms. The summed E-state index contributed by atoms with van der Waals surface area (Å²) < 4.78 is 5.47. The van der Waals surface area contributed by atoms with Crippen molar-refractivity contribution in [3.63, 3.8) is 0 Å². The molecule has 5 heteroatoms. The summed E-state index contributed by atoms with van der Waals surface area (Å²) in [5, 5.41) is 4.85. The Morgan fingerprint density at radius 2 is 1.95 bits per heavy atom. The molecule has 2 aromatic carbocycles. The molecule has 0 aliphatic heterocycles. The summed E-state index contributed by atoms with van der Waals surface area (Å²) in [6.45, 7) is 0. The highest BCUT2D eigenvalue weighted by molar-refractivity contribution is 7.98. The highest BCUT2D eigenvalue weighted by Crippen LogP contribution is 2.18. The van der Waals surface area contributed by atoms with Crippen LogP contribution in [0.5, 0.6) is 0 Å². The maximum absolute atomic E-state index is 12.0. The zero-order valence-electron chi connectivity index (χ0n) is 11.9. The summed E-state index contributed by atoms with van der Waals surface area (Å²) in [4.78, 5) is 13.2. The molecule has 0 unspecified atom stereocenters. The number of furan rings is 1. The van der Waals surface area contributed by atoms with Gasteiger partial charge in [0.15, 0.2) is 5.76 Å². The van der Waals surface area contributed by atoms with Crippen LogP contribution in [0.25, 0.3) is 11.0 Å². The quantitative estimate of drug-likeness (QED) is 0.451. The van der Waals surface area contributed by atoms with Crippen LogP contribution < -0.4 is 5.43 Å². The zero-order chi connectivity index (χ0) is 15.4. The van der Waals surface area contributed by atoms with Crippen LogP contribution >= 0.6 is 11.8 Å². The Morgan fingerprint density at radius 3 is 2.68 bits per heavy atom. The van der Waals surface area contributed by atoms with Gasteiger partial charge in [-0.3, -0.25) is 4.79 Å². The normalized spacial score (nSPS) is 11.1. The first-order valence-corrected chi connectivity index (χ1v) is 7.95. The number of amides is 1. The largest absolute Gasteiger partial charge is 0.451 e. The Kier molecular flexibility index (Phi) is 4.25. The zero-order valence-corrected chi connectivity index (χ0v) is 12.8. The summed E-state index contributed by atoms with van der Waals surface area (Å²) in [5.74, 6) is -0.121. The second-order valence-corrected chi connectivity index (χ2v) is 5.50. The first-order chi connectivity index (χ1) is 10.8. The molecule has 1 heterocycles. The van der Waals surface area contributed by atoms with Gasteiger partial charge in [-0.1, -0.05) is 30.3 Å². The second kappa shape index (κ2) is 6.49. The van der Waals surface area contributed by atoms with Gasteiger partial charge in [0.25, 0.3) is 0 Å². The number of hydrogen-bond donors (Lipinski definition) is 1. The number of hydrogen-bond acceptors (Lipinski definition) is 4. The molecule has 0 aliphatic rings. The minimum absolute atomic E-state index is 0.246. The molecule has 0 radical (unpaired) electrons. The highest BCUT2D eigenvalue weighted by Gasteiger charge is 2.10. The van der Waals surface area contributed by atoms with Crippen molar-refractivity contribution < 1.29 is 9.21 Å². The number of nitrogens with zero attached hydrogens (tertiary/aromatic N) is 1. The van der Waals surface area contributed by atoms with Crippen molar-refractivity contribution in [2.24, 2.45) is 5.10 Å². The summed E-state index contributed by atoms with van der Waals surface area (Å²) in [5.41, 5.74) is 4.07. The second-order valence-electron chi connectivity index (χ2n) is 4.62. The molecule has 3 rings (SSSR count). The molecule has 0 aliphatic carbocycles. The maximum Gasteiger partial charge on any atom is 0.307 e. The number of carbonyl (C=O) groups is 1. The number of hydrazone groups is 1. The van der Waals surface area contributed by atoms with Crippen LogP contribution in [0, 0.1) is 0 Å². The van der Waals surface area contributed by atoms with Gasteiger partial charge in [0.1, 0.15) is 5.58 Å². The van der Waals surface area contributed by atoms with Crippen molar-refractivity contribution in [1.82, 2.24) is 5.43 Å². The monoisotopic (exact) mass is 310 g/mol. The Morgan fingerprint density at radius 1 is 1.18 bits per heavy atom. The van der Waals surface area contributed by atoms with E-state index in [0.29, 0.717) is 5.58 Å². The van der Waals surface area contributed by atoms with Crippen LogP contribution in [0.2, 0.25) is 0 Å². The van der Waals surface area contributed by atoms with E-state index < -0.39 is 0 Å². The van der Waals surface area contributed by atoms with E-state index in [4.69, 9.17) is 4.42 Å². The SMILES string of the molecule is CSc1ccc(/C=N/NC(=O)c2cc3ccccc3o2)cc1. The van der Waals surface area contributed by atoms with E-state index in [1.54, 1.807) is 24.0 Å². The number of thioether (sulfide) groups is 1. The van der Waals surface area contributed by atoms with Crippen LogP contribution in [0.15, 0.2) is 69.0 Å². The Bertz CT molecular complexity index is 789. The first kappa shape index (κ1) is 14.4. The molecule has 0 saturated carbocycles. The van der Waals surface area contributed by atoms with E-state index in [1.165, 1.54) is 4.90 Å². The van der Waals surface area contributed by atoms with Gasteiger partial charge in [0, 0.05) is 10.3 Å². The minimum atomic E-state index is -0.367. The molecule has 1 amide bonds. The van der Waals surface area contributed by atoms with Gasteiger partial charge < -0.3 is 4.42 Å². The molecule has 3 aromatic rings. The van der Waals surface area contributed by atoms with Crippen molar-refractivity contribution in [3.8, 4) is 0 Å². The van der Waals surface area contributed by atoms with Gasteiger partial charge in [-0.25, -0.2) is 5.43 Å². The molecule has 0 bridgehead atoms. The van der Waals surface area contributed by atoms with Gasteiger partial charge in [-0.2, -0.15) is 5.10 Å². The van der Waals surface area contributed by atoms with Gasteiger partial charge >= 0.3 is 5.91 Å². The lowest BCUT2D eigenvalue weighted by molar-refractivity contribution is 0.0929. The lowest BCUT2D eigenvalue weighted by atomic mass is 10.2. The minimum Gasteiger partial charge on any atom is -0.451 e. The Balaban J connectivity index is 1.67. The standard InChI is InChI=1S/C17H14N2O2S/c1-22-14-8-6-12(7-9-14)11-18-19-17(20)16-10-13-4-2-3-5-15(13)21-16/h2-11H,1H3,(H,19,20)/b18-11+. The van der Waals surface area contributed by atoms with Crippen molar-refractivity contribution in [2.75, 3.05) is 6.26 Å². The third-order valence-corrected chi connectivity index (χ3v) is 3.89. The van der Waals surface area contributed by atoms with Crippen molar-refractivity contribution in [3.05, 3.63) is 65.9 Å². The summed E-state index contributed by atoms with van der Waals surface area (Å²) in [6.07, 6.45) is 3.63. The molecule has 1 aromatic heterocycles. The lowest BCUT2D eigenvalue weighted by Crippen LogP contribution is -2.16. The van der Waals surface area contributed by atoms with E-state index in [2.05, 4.69) is 10.5 Å². The molecule has 110 valence electrons.